The maximum Gasteiger partial charge on any atom is 0.534 e. The molecule has 0 spiro atoms. The zero-order valence-electron chi connectivity index (χ0n) is 10.9. The van der Waals surface area contributed by atoms with Gasteiger partial charge in [0.2, 0.25) is 0 Å². The molecule has 10 heteroatoms. The predicted molar refractivity (Wildman–Crippen MR) is 62.3 cm³/mol. The van der Waals surface area contributed by atoms with Gasteiger partial charge in [0, 0.05) is 11.1 Å². The van der Waals surface area contributed by atoms with Gasteiger partial charge < -0.3 is 18.8 Å². The lowest BCUT2D eigenvalue weighted by atomic mass is 10.1. The zero-order chi connectivity index (χ0) is 16.4. The summed E-state index contributed by atoms with van der Waals surface area (Å²) in [6, 6.07) is 1.64. The van der Waals surface area contributed by atoms with Crippen LogP contribution in [0, 0.1) is 0 Å². The van der Waals surface area contributed by atoms with E-state index >= 15 is 0 Å². The van der Waals surface area contributed by atoms with Gasteiger partial charge in [-0.3, -0.25) is 0 Å². The Morgan fingerprint density at radius 3 is 2.29 bits per heavy atom. The second-order valence-corrected chi connectivity index (χ2v) is 5.29. The second-order valence-electron chi connectivity index (χ2n) is 3.75. The molecule has 0 saturated carbocycles. The summed E-state index contributed by atoms with van der Waals surface area (Å²) in [5, 5.41) is 10.9. The zero-order valence-corrected chi connectivity index (χ0v) is 11.7. The van der Waals surface area contributed by atoms with Crippen molar-refractivity contribution in [3.63, 3.8) is 0 Å². The number of carbonyl (C=O) groups is 1. The van der Waals surface area contributed by atoms with Crippen LogP contribution in [0.1, 0.15) is 22.8 Å². The Kier molecular flexibility index (Phi) is 4.72. The van der Waals surface area contributed by atoms with E-state index in [0.717, 1.165) is 19.2 Å². The van der Waals surface area contributed by atoms with E-state index in [4.69, 9.17) is 4.74 Å². The molecule has 6 nitrogen and oxygen atoms in total. The average Bonchev–Trinajstić information content (AvgIpc) is 2.35. The first-order chi connectivity index (χ1) is 9.55. The molecule has 0 amide bonds. The van der Waals surface area contributed by atoms with Crippen molar-refractivity contribution < 1.29 is 40.4 Å². The third kappa shape index (κ3) is 3.38. The maximum absolute atomic E-state index is 12.3. The third-order valence-electron chi connectivity index (χ3n) is 2.48. The van der Waals surface area contributed by atoms with Crippen LogP contribution < -0.4 is 14.0 Å². The smallest absolute Gasteiger partial charge is 0.534 e. The Morgan fingerprint density at radius 1 is 1.33 bits per heavy atom. The number of halogens is 3. The van der Waals surface area contributed by atoms with Crippen LogP contribution in [0.15, 0.2) is 12.1 Å². The standard InChI is InChI=1S/C11H11F3O6S/c1-3-6-8(20-21(17,18)11(12,13)14)5-4-7(10(15)16)9(6)19-2/h4-5H,3H2,1-2H3,(H,15,16)/p-1. The number of benzene rings is 1. The molecule has 0 atom stereocenters. The molecule has 0 bridgehead atoms. The van der Waals surface area contributed by atoms with Gasteiger partial charge >= 0.3 is 15.6 Å². The summed E-state index contributed by atoms with van der Waals surface area (Å²) in [4.78, 5) is 10.9. The molecule has 118 valence electrons. The minimum Gasteiger partial charge on any atom is -0.545 e. The van der Waals surface area contributed by atoms with Crippen molar-refractivity contribution in [3.05, 3.63) is 23.3 Å². The highest BCUT2D eigenvalue weighted by molar-refractivity contribution is 7.88. The fraction of sp³-hybridized carbons (Fsp3) is 0.364. The van der Waals surface area contributed by atoms with Crippen LogP contribution in [0.25, 0.3) is 0 Å². The van der Waals surface area contributed by atoms with Crippen LogP contribution in [0.3, 0.4) is 0 Å². The molecule has 1 rings (SSSR count). The summed E-state index contributed by atoms with van der Waals surface area (Å²) >= 11 is 0. The van der Waals surface area contributed by atoms with E-state index in [1.807, 2.05) is 0 Å². The van der Waals surface area contributed by atoms with Gasteiger partial charge in [-0.1, -0.05) is 6.92 Å². The Morgan fingerprint density at radius 2 is 1.90 bits per heavy atom. The Bertz CT molecular complexity index is 651. The summed E-state index contributed by atoms with van der Waals surface area (Å²) in [6.45, 7) is 1.46. The lowest BCUT2D eigenvalue weighted by Crippen LogP contribution is -2.28. The summed E-state index contributed by atoms with van der Waals surface area (Å²) in [5.74, 6) is -2.59. The predicted octanol–water partition coefficient (Wildman–Crippen LogP) is 0.849. The van der Waals surface area contributed by atoms with Crippen LogP contribution in [-0.4, -0.2) is 27.0 Å². The Hall–Kier alpha value is -1.97. The van der Waals surface area contributed by atoms with Gasteiger partial charge in [-0.05, 0) is 18.6 Å². The number of ether oxygens (including phenoxy) is 1. The fourth-order valence-electron chi connectivity index (χ4n) is 1.58. The van der Waals surface area contributed by atoms with E-state index in [2.05, 4.69) is 4.18 Å². The number of carboxylic acids is 1. The van der Waals surface area contributed by atoms with Gasteiger partial charge in [-0.15, -0.1) is 0 Å². The van der Waals surface area contributed by atoms with Crippen LogP contribution in [0.5, 0.6) is 11.5 Å². The van der Waals surface area contributed by atoms with Gasteiger partial charge in [0.25, 0.3) is 0 Å². The van der Waals surface area contributed by atoms with E-state index in [1.54, 1.807) is 0 Å². The molecule has 1 aromatic carbocycles. The minimum atomic E-state index is -5.86. The quantitative estimate of drug-likeness (QED) is 0.588. The molecule has 0 aliphatic heterocycles. The normalized spacial score (nSPS) is 12.0. The van der Waals surface area contributed by atoms with Crippen molar-refractivity contribution in [2.24, 2.45) is 0 Å². The van der Waals surface area contributed by atoms with Crippen molar-refractivity contribution in [1.82, 2.24) is 0 Å². The average molecular weight is 327 g/mol. The first-order valence-electron chi connectivity index (χ1n) is 5.47. The van der Waals surface area contributed by atoms with Gasteiger partial charge in [0.1, 0.15) is 11.5 Å². The van der Waals surface area contributed by atoms with Crippen molar-refractivity contribution in [1.29, 1.82) is 0 Å². The molecule has 0 aliphatic carbocycles. The number of carboxylic acid groups (broad SMARTS) is 1. The molecule has 21 heavy (non-hydrogen) atoms. The Labute approximate surface area is 118 Å². The molecule has 0 aliphatic rings. The van der Waals surface area contributed by atoms with Crippen LogP contribution >= 0.6 is 0 Å². The lowest BCUT2D eigenvalue weighted by Gasteiger charge is -2.17. The molecule has 0 saturated heterocycles. The number of carbonyl (C=O) groups excluding carboxylic acids is 1. The van der Waals surface area contributed by atoms with Crippen LogP contribution in [-0.2, 0) is 16.5 Å². The molecule has 1 aromatic rings. The summed E-state index contributed by atoms with van der Waals surface area (Å²) in [7, 11) is -4.77. The largest absolute Gasteiger partial charge is 0.545 e. The molecule has 0 fully saturated rings. The highest BCUT2D eigenvalue weighted by Crippen LogP contribution is 2.35. The molecule has 0 N–H and O–H groups in total. The molecule has 0 heterocycles. The lowest BCUT2D eigenvalue weighted by molar-refractivity contribution is -0.255. The van der Waals surface area contributed by atoms with E-state index in [-0.39, 0.29) is 17.7 Å². The number of alkyl halides is 3. The maximum atomic E-state index is 12.3. The highest BCUT2D eigenvalue weighted by Gasteiger charge is 2.48. The first-order valence-corrected chi connectivity index (χ1v) is 6.88. The Balaban J connectivity index is 3.43. The fourth-order valence-corrected chi connectivity index (χ4v) is 2.07. The molecule has 0 aromatic heterocycles. The topological polar surface area (TPSA) is 92.7 Å². The number of rotatable bonds is 5. The second kappa shape index (κ2) is 5.80. The number of hydrogen-bond acceptors (Lipinski definition) is 6. The molecular weight excluding hydrogens is 317 g/mol. The van der Waals surface area contributed by atoms with E-state index in [1.165, 1.54) is 6.92 Å². The first kappa shape index (κ1) is 17.1. The van der Waals surface area contributed by atoms with Crippen molar-refractivity contribution >= 4 is 16.1 Å². The van der Waals surface area contributed by atoms with Gasteiger partial charge in [0.05, 0.1) is 13.1 Å². The SMILES string of the molecule is CCc1c(OS(=O)(=O)C(F)(F)F)ccc(C(=O)[O-])c1OC. The van der Waals surface area contributed by atoms with Gasteiger partial charge in [0.15, 0.2) is 0 Å². The summed E-state index contributed by atoms with van der Waals surface area (Å²) in [6.07, 6.45) is -0.0208. The van der Waals surface area contributed by atoms with Gasteiger partial charge in [-0.2, -0.15) is 21.6 Å². The van der Waals surface area contributed by atoms with Crippen LogP contribution in [0.2, 0.25) is 0 Å². The molecule has 0 unspecified atom stereocenters. The van der Waals surface area contributed by atoms with Crippen molar-refractivity contribution in [2.75, 3.05) is 7.11 Å². The third-order valence-corrected chi connectivity index (χ3v) is 3.44. The molecule has 0 radical (unpaired) electrons. The molecular formula is C11H10F3O6S-. The van der Waals surface area contributed by atoms with Crippen molar-refractivity contribution in [2.45, 2.75) is 18.9 Å². The summed E-state index contributed by atoms with van der Waals surface area (Å²) in [5.41, 5.74) is -6.16. The minimum absolute atomic E-state index is 0.0208. The van der Waals surface area contributed by atoms with Gasteiger partial charge in [-0.25, -0.2) is 0 Å². The monoisotopic (exact) mass is 327 g/mol. The number of methoxy groups -OCH3 is 1. The van der Waals surface area contributed by atoms with E-state index in [0.29, 0.717) is 0 Å². The number of hydrogen-bond donors (Lipinski definition) is 0. The van der Waals surface area contributed by atoms with Crippen molar-refractivity contribution in [3.8, 4) is 11.5 Å². The highest BCUT2D eigenvalue weighted by atomic mass is 32.2. The van der Waals surface area contributed by atoms with Crippen LogP contribution in [0.4, 0.5) is 13.2 Å². The summed E-state index contributed by atoms with van der Waals surface area (Å²) < 4.78 is 67.7. The van der Waals surface area contributed by atoms with E-state index in [9.17, 15) is 31.5 Å². The number of aromatic carboxylic acids is 1. The van der Waals surface area contributed by atoms with E-state index < -0.39 is 32.9 Å².